The maximum Gasteiger partial charge on any atom is 0.303 e. The standard InChI is InChI=1S/C8H19N.C4H6O4/c1-3-5-6-8(4-2)7-9;5-3(6)1-2-4(7)8/h8H,3-7,9H2,1-2H3;1-2H2,(H,5,6)(H,7,8). The molecule has 0 aromatic rings. The van der Waals surface area contributed by atoms with Gasteiger partial charge in [-0.2, -0.15) is 0 Å². The van der Waals surface area contributed by atoms with Gasteiger partial charge in [0.1, 0.15) is 0 Å². The first-order chi connectivity index (χ1) is 7.97. The van der Waals surface area contributed by atoms with Crippen molar-refractivity contribution < 1.29 is 19.8 Å². The monoisotopic (exact) mass is 247 g/mol. The van der Waals surface area contributed by atoms with E-state index < -0.39 is 11.9 Å². The normalized spacial score (nSPS) is 11.2. The van der Waals surface area contributed by atoms with Gasteiger partial charge in [-0.1, -0.05) is 33.1 Å². The third-order valence-corrected chi connectivity index (χ3v) is 2.43. The predicted octanol–water partition coefficient (Wildman–Crippen LogP) is 2.10. The van der Waals surface area contributed by atoms with Crippen molar-refractivity contribution in [2.75, 3.05) is 6.54 Å². The first kappa shape index (κ1) is 18.3. The summed E-state index contributed by atoms with van der Waals surface area (Å²) >= 11 is 0. The van der Waals surface area contributed by atoms with Crippen LogP contribution in [0.3, 0.4) is 0 Å². The molecular weight excluding hydrogens is 222 g/mol. The molecule has 17 heavy (non-hydrogen) atoms. The number of carbonyl (C=O) groups is 2. The molecule has 0 saturated heterocycles. The molecule has 5 nitrogen and oxygen atoms in total. The van der Waals surface area contributed by atoms with E-state index >= 15 is 0 Å². The van der Waals surface area contributed by atoms with Gasteiger partial charge in [0.15, 0.2) is 0 Å². The van der Waals surface area contributed by atoms with Crippen LogP contribution in [-0.2, 0) is 9.59 Å². The second kappa shape index (κ2) is 13.0. The minimum absolute atomic E-state index is 0.296. The lowest BCUT2D eigenvalue weighted by molar-refractivity contribution is -0.143. The minimum atomic E-state index is -1.08. The van der Waals surface area contributed by atoms with E-state index in [4.69, 9.17) is 15.9 Å². The van der Waals surface area contributed by atoms with Gasteiger partial charge in [0, 0.05) is 0 Å². The zero-order valence-corrected chi connectivity index (χ0v) is 10.8. The van der Waals surface area contributed by atoms with E-state index in [0.717, 1.165) is 12.5 Å². The molecule has 4 N–H and O–H groups in total. The van der Waals surface area contributed by atoms with Crippen molar-refractivity contribution in [1.29, 1.82) is 0 Å². The minimum Gasteiger partial charge on any atom is -0.481 e. The molecule has 0 rings (SSSR count). The molecule has 1 unspecified atom stereocenters. The molecule has 0 aromatic heterocycles. The highest BCUT2D eigenvalue weighted by Crippen LogP contribution is 2.09. The molecule has 0 fully saturated rings. The SMILES string of the molecule is CCCCC(CC)CN.O=C(O)CCC(=O)O. The zero-order valence-electron chi connectivity index (χ0n) is 10.8. The van der Waals surface area contributed by atoms with Crippen molar-refractivity contribution in [3.63, 3.8) is 0 Å². The summed E-state index contributed by atoms with van der Waals surface area (Å²) in [6.07, 6.45) is 4.62. The molecule has 0 amide bonds. The Kier molecular flexibility index (Phi) is 13.9. The summed E-state index contributed by atoms with van der Waals surface area (Å²) in [7, 11) is 0. The second-order valence-corrected chi connectivity index (χ2v) is 3.94. The number of hydrogen-bond donors (Lipinski definition) is 3. The maximum atomic E-state index is 9.64. The van der Waals surface area contributed by atoms with Crippen molar-refractivity contribution in [3.8, 4) is 0 Å². The molecule has 102 valence electrons. The van der Waals surface area contributed by atoms with Gasteiger partial charge in [-0.3, -0.25) is 9.59 Å². The van der Waals surface area contributed by atoms with Crippen molar-refractivity contribution >= 4 is 11.9 Å². The Balaban J connectivity index is 0. The Morgan fingerprint density at radius 1 is 1.12 bits per heavy atom. The topological polar surface area (TPSA) is 101 Å². The van der Waals surface area contributed by atoms with Crippen LogP contribution in [0.1, 0.15) is 52.4 Å². The molecule has 0 bridgehead atoms. The van der Waals surface area contributed by atoms with Crippen LogP contribution in [0, 0.1) is 5.92 Å². The van der Waals surface area contributed by atoms with Crippen LogP contribution in [0.4, 0.5) is 0 Å². The van der Waals surface area contributed by atoms with Crippen LogP contribution >= 0.6 is 0 Å². The lowest BCUT2D eigenvalue weighted by Gasteiger charge is -2.09. The Bertz CT molecular complexity index is 189. The lowest BCUT2D eigenvalue weighted by atomic mass is 10.00. The molecule has 0 aliphatic heterocycles. The molecule has 0 aromatic carbocycles. The summed E-state index contributed by atoms with van der Waals surface area (Å²) in [4.78, 5) is 19.3. The van der Waals surface area contributed by atoms with E-state index in [2.05, 4.69) is 13.8 Å². The van der Waals surface area contributed by atoms with Crippen molar-refractivity contribution in [2.45, 2.75) is 52.4 Å². The van der Waals surface area contributed by atoms with E-state index in [9.17, 15) is 9.59 Å². The van der Waals surface area contributed by atoms with Gasteiger partial charge in [0.2, 0.25) is 0 Å². The van der Waals surface area contributed by atoms with E-state index in [1.54, 1.807) is 0 Å². The zero-order chi connectivity index (χ0) is 13.7. The quantitative estimate of drug-likeness (QED) is 0.609. The van der Waals surface area contributed by atoms with Crippen LogP contribution in [0.5, 0.6) is 0 Å². The fourth-order valence-electron chi connectivity index (χ4n) is 1.20. The van der Waals surface area contributed by atoms with Crippen LogP contribution in [0.15, 0.2) is 0 Å². The number of nitrogens with two attached hydrogens (primary N) is 1. The largest absolute Gasteiger partial charge is 0.481 e. The van der Waals surface area contributed by atoms with E-state index in [1.165, 1.54) is 25.7 Å². The van der Waals surface area contributed by atoms with E-state index in [-0.39, 0.29) is 12.8 Å². The Labute approximate surface area is 103 Å². The molecule has 0 aliphatic carbocycles. The third-order valence-electron chi connectivity index (χ3n) is 2.43. The Morgan fingerprint density at radius 3 is 1.82 bits per heavy atom. The molecule has 1 atom stereocenters. The molecule has 0 heterocycles. The van der Waals surface area contributed by atoms with Gasteiger partial charge in [-0.15, -0.1) is 0 Å². The summed E-state index contributed by atoms with van der Waals surface area (Å²) in [6, 6.07) is 0. The number of hydrogen-bond acceptors (Lipinski definition) is 3. The number of carboxylic acids is 2. The molecule has 0 saturated carbocycles. The van der Waals surface area contributed by atoms with Gasteiger partial charge < -0.3 is 15.9 Å². The highest BCUT2D eigenvalue weighted by Gasteiger charge is 2.01. The summed E-state index contributed by atoms with van der Waals surface area (Å²) in [5.41, 5.74) is 5.52. The summed E-state index contributed by atoms with van der Waals surface area (Å²) in [5, 5.41) is 15.8. The summed E-state index contributed by atoms with van der Waals surface area (Å²) in [6.45, 7) is 5.31. The highest BCUT2D eigenvalue weighted by molar-refractivity contribution is 5.75. The van der Waals surface area contributed by atoms with Crippen molar-refractivity contribution in [1.82, 2.24) is 0 Å². The van der Waals surface area contributed by atoms with Gasteiger partial charge >= 0.3 is 11.9 Å². The first-order valence-corrected chi connectivity index (χ1v) is 6.11. The molecule has 0 radical (unpaired) electrons. The summed E-state index contributed by atoms with van der Waals surface area (Å²) < 4.78 is 0. The Hall–Kier alpha value is -1.10. The van der Waals surface area contributed by atoms with Crippen LogP contribution < -0.4 is 5.73 Å². The lowest BCUT2D eigenvalue weighted by Crippen LogP contribution is -2.12. The van der Waals surface area contributed by atoms with E-state index in [1.807, 2.05) is 0 Å². The van der Waals surface area contributed by atoms with Crippen molar-refractivity contribution in [3.05, 3.63) is 0 Å². The molecule has 0 aliphatic rings. The summed E-state index contributed by atoms with van der Waals surface area (Å²) in [5.74, 6) is -1.37. The number of unbranched alkanes of at least 4 members (excludes halogenated alkanes) is 1. The van der Waals surface area contributed by atoms with Gasteiger partial charge in [0.05, 0.1) is 12.8 Å². The molecule has 0 spiro atoms. The van der Waals surface area contributed by atoms with E-state index in [0.29, 0.717) is 0 Å². The number of carboxylic acid groups (broad SMARTS) is 2. The van der Waals surface area contributed by atoms with Gasteiger partial charge in [-0.25, -0.2) is 0 Å². The smallest absolute Gasteiger partial charge is 0.303 e. The maximum absolute atomic E-state index is 9.64. The van der Waals surface area contributed by atoms with Crippen LogP contribution in [0.25, 0.3) is 0 Å². The highest BCUT2D eigenvalue weighted by atomic mass is 16.4. The van der Waals surface area contributed by atoms with Crippen LogP contribution in [0.2, 0.25) is 0 Å². The first-order valence-electron chi connectivity index (χ1n) is 6.11. The van der Waals surface area contributed by atoms with Crippen LogP contribution in [-0.4, -0.2) is 28.7 Å². The second-order valence-electron chi connectivity index (χ2n) is 3.94. The van der Waals surface area contributed by atoms with Gasteiger partial charge in [0.25, 0.3) is 0 Å². The third kappa shape index (κ3) is 17.5. The molecule has 5 heteroatoms. The number of rotatable bonds is 8. The van der Waals surface area contributed by atoms with Gasteiger partial charge in [-0.05, 0) is 18.9 Å². The molecular formula is C12H25NO4. The van der Waals surface area contributed by atoms with Crippen molar-refractivity contribution in [2.24, 2.45) is 11.7 Å². The Morgan fingerprint density at radius 2 is 1.59 bits per heavy atom. The fraction of sp³-hybridized carbons (Fsp3) is 0.833. The predicted molar refractivity (Wildman–Crippen MR) is 66.9 cm³/mol. The average Bonchev–Trinajstić information content (AvgIpc) is 2.29. The fourth-order valence-corrected chi connectivity index (χ4v) is 1.20. The number of aliphatic carboxylic acids is 2. The average molecular weight is 247 g/mol.